The molecule has 0 saturated heterocycles. The van der Waals surface area contributed by atoms with E-state index in [1.807, 2.05) is 18.3 Å². The maximum absolute atomic E-state index is 4.12. The molecule has 0 fully saturated rings. The van der Waals surface area contributed by atoms with E-state index in [1.54, 1.807) is 12.4 Å². The van der Waals surface area contributed by atoms with Crippen LogP contribution < -0.4 is 5.32 Å². The molecule has 84 valence electrons. The summed E-state index contributed by atoms with van der Waals surface area (Å²) in [5.74, 6) is 0. The first kappa shape index (κ1) is 10.8. The molecular formula is C12H16N4. The molecule has 0 aliphatic heterocycles. The molecule has 0 amide bonds. The van der Waals surface area contributed by atoms with Gasteiger partial charge in [0.2, 0.25) is 0 Å². The summed E-state index contributed by atoms with van der Waals surface area (Å²) in [6.45, 7) is 4.24. The van der Waals surface area contributed by atoms with Gasteiger partial charge >= 0.3 is 0 Å². The third-order valence-corrected chi connectivity index (χ3v) is 2.67. The number of hydrogen-bond donors (Lipinski definition) is 2. The average Bonchev–Trinajstić information content (AvgIpc) is 2.83. The molecule has 2 aromatic heterocycles. The molecule has 2 N–H and O–H groups in total. The van der Waals surface area contributed by atoms with Crippen LogP contribution in [0.1, 0.15) is 37.2 Å². The molecule has 4 nitrogen and oxygen atoms in total. The van der Waals surface area contributed by atoms with E-state index in [2.05, 4.69) is 40.4 Å². The van der Waals surface area contributed by atoms with Gasteiger partial charge in [0.05, 0.1) is 5.69 Å². The largest absolute Gasteiger partial charge is 0.302 e. The van der Waals surface area contributed by atoms with Gasteiger partial charge in [-0.1, -0.05) is 6.07 Å². The van der Waals surface area contributed by atoms with Crippen molar-refractivity contribution in [3.63, 3.8) is 0 Å². The second kappa shape index (κ2) is 4.90. The molecule has 2 atom stereocenters. The lowest BCUT2D eigenvalue weighted by atomic mass is 10.1. The summed E-state index contributed by atoms with van der Waals surface area (Å²) in [5, 5.41) is 10.4. The van der Waals surface area contributed by atoms with Gasteiger partial charge in [0.1, 0.15) is 0 Å². The van der Waals surface area contributed by atoms with Crippen molar-refractivity contribution in [2.24, 2.45) is 0 Å². The normalized spacial score (nSPS) is 14.6. The number of nitrogens with one attached hydrogen (secondary N) is 2. The number of aromatic amines is 1. The minimum atomic E-state index is 0.248. The Kier molecular flexibility index (Phi) is 3.31. The lowest BCUT2D eigenvalue weighted by Crippen LogP contribution is -2.22. The predicted molar refractivity (Wildman–Crippen MR) is 62.8 cm³/mol. The first-order chi connectivity index (χ1) is 7.77. The molecule has 16 heavy (non-hydrogen) atoms. The number of hydrogen-bond acceptors (Lipinski definition) is 3. The van der Waals surface area contributed by atoms with Crippen LogP contribution in [0.3, 0.4) is 0 Å². The topological polar surface area (TPSA) is 53.6 Å². The van der Waals surface area contributed by atoms with E-state index in [4.69, 9.17) is 0 Å². The van der Waals surface area contributed by atoms with Gasteiger partial charge in [-0.15, -0.1) is 0 Å². The quantitative estimate of drug-likeness (QED) is 0.824. The van der Waals surface area contributed by atoms with E-state index in [0.29, 0.717) is 0 Å². The van der Waals surface area contributed by atoms with Gasteiger partial charge in [-0.25, -0.2) is 0 Å². The van der Waals surface area contributed by atoms with E-state index < -0.39 is 0 Å². The average molecular weight is 216 g/mol. The highest BCUT2D eigenvalue weighted by Crippen LogP contribution is 2.16. The molecule has 4 heteroatoms. The molecule has 0 radical (unpaired) electrons. The second-order valence-electron chi connectivity index (χ2n) is 3.91. The van der Waals surface area contributed by atoms with Crippen molar-refractivity contribution in [1.82, 2.24) is 20.5 Å². The first-order valence-corrected chi connectivity index (χ1v) is 5.42. The Morgan fingerprint density at radius 1 is 1.19 bits per heavy atom. The van der Waals surface area contributed by atoms with Crippen LogP contribution in [-0.2, 0) is 0 Å². The molecule has 2 aromatic rings. The third-order valence-electron chi connectivity index (χ3n) is 2.67. The summed E-state index contributed by atoms with van der Waals surface area (Å²) in [6, 6.07) is 6.52. The summed E-state index contributed by atoms with van der Waals surface area (Å²) in [5.41, 5.74) is 2.28. The minimum absolute atomic E-state index is 0.248. The molecule has 0 aliphatic carbocycles. The van der Waals surface area contributed by atoms with Gasteiger partial charge in [0.25, 0.3) is 0 Å². The van der Waals surface area contributed by atoms with Crippen LogP contribution in [-0.4, -0.2) is 15.2 Å². The molecule has 1 unspecified atom stereocenters. The Bertz CT molecular complexity index is 410. The van der Waals surface area contributed by atoms with E-state index in [1.165, 1.54) is 5.56 Å². The number of aromatic nitrogens is 3. The first-order valence-electron chi connectivity index (χ1n) is 5.42. The van der Waals surface area contributed by atoms with Gasteiger partial charge in [-0.3, -0.25) is 10.1 Å². The summed E-state index contributed by atoms with van der Waals surface area (Å²) < 4.78 is 0. The fourth-order valence-corrected chi connectivity index (χ4v) is 1.70. The Hall–Kier alpha value is -1.68. The maximum atomic E-state index is 4.12. The predicted octanol–water partition coefficient (Wildman–Crippen LogP) is 2.22. The lowest BCUT2D eigenvalue weighted by Gasteiger charge is -2.18. The monoisotopic (exact) mass is 216 g/mol. The summed E-state index contributed by atoms with van der Waals surface area (Å²) in [6.07, 6.45) is 5.44. The van der Waals surface area contributed by atoms with Gasteiger partial charge < -0.3 is 5.32 Å². The maximum Gasteiger partial charge on any atom is 0.0518 e. The fraction of sp³-hybridized carbons (Fsp3) is 0.333. The molecule has 0 aliphatic rings. The van der Waals surface area contributed by atoms with Crippen molar-refractivity contribution in [2.45, 2.75) is 25.9 Å². The number of H-pyrrole nitrogens is 1. The zero-order chi connectivity index (χ0) is 11.4. The zero-order valence-corrected chi connectivity index (χ0v) is 9.51. The number of rotatable bonds is 4. The van der Waals surface area contributed by atoms with Crippen molar-refractivity contribution in [3.05, 3.63) is 48.0 Å². The van der Waals surface area contributed by atoms with Gasteiger partial charge in [0.15, 0.2) is 0 Å². The third kappa shape index (κ3) is 2.46. The van der Waals surface area contributed by atoms with Crippen LogP contribution >= 0.6 is 0 Å². The van der Waals surface area contributed by atoms with Crippen LogP contribution in [0.5, 0.6) is 0 Å². The summed E-state index contributed by atoms with van der Waals surface area (Å²) >= 11 is 0. The van der Waals surface area contributed by atoms with Crippen molar-refractivity contribution < 1.29 is 0 Å². The van der Waals surface area contributed by atoms with E-state index in [9.17, 15) is 0 Å². The van der Waals surface area contributed by atoms with Crippen LogP contribution in [0.2, 0.25) is 0 Å². The zero-order valence-electron chi connectivity index (χ0n) is 9.51. The Morgan fingerprint density at radius 3 is 2.69 bits per heavy atom. The highest BCUT2D eigenvalue weighted by atomic mass is 15.1. The highest BCUT2D eigenvalue weighted by molar-refractivity contribution is 5.14. The standard InChI is InChI=1S/C12H16N4/c1-9(11-4-3-6-13-8-11)15-10(2)12-5-7-14-16-12/h3-10,15H,1-2H3,(H,14,16)/t9-,10?/m0/s1. The van der Waals surface area contributed by atoms with Crippen molar-refractivity contribution in [1.29, 1.82) is 0 Å². The van der Waals surface area contributed by atoms with Crippen LogP contribution in [0.15, 0.2) is 36.8 Å². The van der Waals surface area contributed by atoms with E-state index in [-0.39, 0.29) is 12.1 Å². The van der Waals surface area contributed by atoms with Crippen molar-refractivity contribution in [3.8, 4) is 0 Å². The smallest absolute Gasteiger partial charge is 0.0518 e. The summed E-state index contributed by atoms with van der Waals surface area (Å²) in [4.78, 5) is 4.12. The van der Waals surface area contributed by atoms with Gasteiger partial charge in [0, 0.05) is 30.7 Å². The van der Waals surface area contributed by atoms with Crippen LogP contribution in [0.4, 0.5) is 0 Å². The molecule has 0 spiro atoms. The Labute approximate surface area is 95.1 Å². The lowest BCUT2D eigenvalue weighted by molar-refractivity contribution is 0.485. The van der Waals surface area contributed by atoms with Gasteiger partial charge in [-0.05, 0) is 31.5 Å². The minimum Gasteiger partial charge on any atom is -0.302 e. The molecule has 0 aromatic carbocycles. The van der Waals surface area contributed by atoms with Crippen LogP contribution in [0.25, 0.3) is 0 Å². The van der Waals surface area contributed by atoms with E-state index >= 15 is 0 Å². The molecule has 2 heterocycles. The number of nitrogens with zero attached hydrogens (tertiary/aromatic N) is 2. The Balaban J connectivity index is 2.00. The number of pyridine rings is 1. The van der Waals surface area contributed by atoms with Crippen molar-refractivity contribution in [2.75, 3.05) is 0 Å². The Morgan fingerprint density at radius 2 is 2.06 bits per heavy atom. The SMILES string of the molecule is CC(N[C@@H](C)c1cccnc1)c1ccn[nH]1. The van der Waals surface area contributed by atoms with E-state index in [0.717, 1.165) is 5.69 Å². The molecule has 0 saturated carbocycles. The second-order valence-corrected chi connectivity index (χ2v) is 3.91. The highest BCUT2D eigenvalue weighted by Gasteiger charge is 2.11. The summed E-state index contributed by atoms with van der Waals surface area (Å²) in [7, 11) is 0. The molecule has 2 rings (SSSR count). The molecule has 0 bridgehead atoms. The fourth-order valence-electron chi connectivity index (χ4n) is 1.70. The van der Waals surface area contributed by atoms with Gasteiger partial charge in [-0.2, -0.15) is 5.10 Å². The van der Waals surface area contributed by atoms with Crippen molar-refractivity contribution >= 4 is 0 Å². The van der Waals surface area contributed by atoms with Crippen LogP contribution in [0, 0.1) is 0 Å². The molecular weight excluding hydrogens is 200 g/mol.